The van der Waals surface area contributed by atoms with Crippen molar-refractivity contribution < 1.29 is 19.4 Å². The fourth-order valence-electron chi connectivity index (χ4n) is 2.21. The van der Waals surface area contributed by atoms with Crippen LogP contribution in [0.5, 0.6) is 0 Å². The number of nitrogens with zero attached hydrogens (tertiary/aromatic N) is 2. The number of carbonyl (C=O) groups excluding carboxylic acids is 1. The fraction of sp³-hybridized carbons (Fsp3) is 0.500. The highest BCUT2D eigenvalue weighted by molar-refractivity contribution is 5.86. The van der Waals surface area contributed by atoms with Gasteiger partial charge >= 0.3 is 12.0 Å². The first kappa shape index (κ1) is 15.2. The van der Waals surface area contributed by atoms with Crippen molar-refractivity contribution in [2.75, 3.05) is 19.8 Å². The van der Waals surface area contributed by atoms with Crippen LogP contribution in [0.2, 0.25) is 0 Å². The smallest absolute Gasteiger partial charge is 0.332 e. The Balaban J connectivity index is 2.04. The Morgan fingerprint density at radius 2 is 2.19 bits per heavy atom. The molecule has 0 bridgehead atoms. The minimum atomic E-state index is -1.32. The summed E-state index contributed by atoms with van der Waals surface area (Å²) in [5.74, 6) is -1.06. The van der Waals surface area contributed by atoms with Gasteiger partial charge in [-0.25, -0.2) is 9.59 Å². The lowest BCUT2D eigenvalue weighted by Gasteiger charge is -2.29. The monoisotopic (exact) mass is 293 g/mol. The van der Waals surface area contributed by atoms with Gasteiger partial charge in [0.25, 0.3) is 0 Å². The molecule has 1 fully saturated rings. The van der Waals surface area contributed by atoms with Crippen molar-refractivity contribution in [2.45, 2.75) is 25.4 Å². The van der Waals surface area contributed by atoms with Crippen molar-refractivity contribution in [2.24, 2.45) is 0 Å². The first-order chi connectivity index (χ1) is 10.1. The molecule has 1 aromatic rings. The van der Waals surface area contributed by atoms with E-state index in [1.165, 1.54) is 0 Å². The molecule has 0 aliphatic carbocycles. The second kappa shape index (κ2) is 6.53. The van der Waals surface area contributed by atoms with Crippen LogP contribution in [0.1, 0.15) is 18.9 Å². The molecule has 1 aromatic heterocycles. The van der Waals surface area contributed by atoms with Crippen molar-refractivity contribution in [3.8, 4) is 0 Å². The van der Waals surface area contributed by atoms with E-state index in [2.05, 4.69) is 10.3 Å². The fourth-order valence-corrected chi connectivity index (χ4v) is 2.21. The van der Waals surface area contributed by atoms with Gasteiger partial charge in [-0.2, -0.15) is 0 Å². The highest BCUT2D eigenvalue weighted by atomic mass is 16.5. The number of amides is 2. The van der Waals surface area contributed by atoms with Gasteiger partial charge in [0.15, 0.2) is 5.54 Å². The zero-order valence-corrected chi connectivity index (χ0v) is 11.9. The van der Waals surface area contributed by atoms with Crippen LogP contribution in [0.3, 0.4) is 0 Å². The first-order valence-corrected chi connectivity index (χ1v) is 6.84. The third kappa shape index (κ3) is 3.49. The van der Waals surface area contributed by atoms with E-state index in [1.54, 1.807) is 17.3 Å². The molecule has 1 aliphatic heterocycles. The molecule has 2 rings (SSSR count). The van der Waals surface area contributed by atoms with Crippen molar-refractivity contribution in [1.82, 2.24) is 15.2 Å². The van der Waals surface area contributed by atoms with Gasteiger partial charge < -0.3 is 20.1 Å². The molecule has 2 heterocycles. The third-order valence-corrected chi connectivity index (χ3v) is 3.57. The van der Waals surface area contributed by atoms with Gasteiger partial charge in [-0.15, -0.1) is 0 Å². The average Bonchev–Trinajstić information content (AvgIpc) is 2.95. The normalized spacial score (nSPS) is 21.0. The summed E-state index contributed by atoms with van der Waals surface area (Å²) in [5, 5.41) is 11.9. The van der Waals surface area contributed by atoms with Crippen molar-refractivity contribution in [3.05, 3.63) is 30.1 Å². The minimum absolute atomic E-state index is 0.000878. The maximum absolute atomic E-state index is 12.3. The van der Waals surface area contributed by atoms with Gasteiger partial charge in [-0.05, 0) is 24.6 Å². The number of ether oxygens (including phenoxy) is 1. The number of carboxylic acids is 1. The average molecular weight is 293 g/mol. The van der Waals surface area contributed by atoms with E-state index in [0.29, 0.717) is 19.7 Å². The maximum atomic E-state index is 12.3. The van der Waals surface area contributed by atoms with E-state index in [1.807, 2.05) is 19.1 Å². The molecule has 7 nitrogen and oxygen atoms in total. The van der Waals surface area contributed by atoms with Crippen LogP contribution < -0.4 is 5.32 Å². The number of pyridine rings is 1. The summed E-state index contributed by atoms with van der Waals surface area (Å²) in [6.07, 6.45) is 3.59. The van der Waals surface area contributed by atoms with E-state index >= 15 is 0 Å². The summed E-state index contributed by atoms with van der Waals surface area (Å²) in [5.41, 5.74) is -0.378. The zero-order chi connectivity index (χ0) is 15.3. The summed E-state index contributed by atoms with van der Waals surface area (Å²) >= 11 is 0. The topological polar surface area (TPSA) is 91.8 Å². The van der Waals surface area contributed by atoms with Crippen molar-refractivity contribution in [3.63, 3.8) is 0 Å². The molecule has 1 aliphatic rings. The van der Waals surface area contributed by atoms with Gasteiger partial charge in [0.05, 0.1) is 6.61 Å². The van der Waals surface area contributed by atoms with Crippen LogP contribution in [0.25, 0.3) is 0 Å². The van der Waals surface area contributed by atoms with Gasteiger partial charge in [0.2, 0.25) is 0 Å². The summed E-state index contributed by atoms with van der Waals surface area (Å²) in [6, 6.07) is 3.24. The minimum Gasteiger partial charge on any atom is -0.479 e. The van der Waals surface area contributed by atoms with Gasteiger partial charge in [-0.1, -0.05) is 0 Å². The molecule has 1 atom stereocenters. The lowest BCUT2D eigenvalue weighted by molar-refractivity contribution is -0.144. The van der Waals surface area contributed by atoms with Crippen LogP contribution in [0.15, 0.2) is 24.5 Å². The standard InChI is InChI=1S/C14H19N3O4/c1-2-17(9-11-3-6-15-7-4-11)13(20)16-14(12(18)19)5-8-21-10-14/h3-4,6-7H,2,5,8-10H2,1H3,(H,16,20)(H,18,19). The zero-order valence-electron chi connectivity index (χ0n) is 11.9. The van der Waals surface area contributed by atoms with Crippen LogP contribution in [-0.2, 0) is 16.1 Å². The van der Waals surface area contributed by atoms with Crippen LogP contribution in [-0.4, -0.2) is 52.3 Å². The molecule has 2 N–H and O–H groups in total. The second-order valence-electron chi connectivity index (χ2n) is 4.99. The van der Waals surface area contributed by atoms with Crippen LogP contribution in [0, 0.1) is 0 Å². The lowest BCUT2D eigenvalue weighted by atomic mass is 9.99. The molecular formula is C14H19N3O4. The lowest BCUT2D eigenvalue weighted by Crippen LogP contribution is -2.58. The number of aliphatic carboxylic acids is 1. The van der Waals surface area contributed by atoms with E-state index in [-0.39, 0.29) is 13.0 Å². The van der Waals surface area contributed by atoms with Crippen LogP contribution in [0.4, 0.5) is 4.79 Å². The molecule has 1 saturated heterocycles. The number of urea groups is 1. The molecule has 2 amide bonds. The van der Waals surface area contributed by atoms with Crippen LogP contribution >= 0.6 is 0 Å². The number of hydrogen-bond acceptors (Lipinski definition) is 4. The predicted octanol–water partition coefficient (Wildman–Crippen LogP) is 0.857. The maximum Gasteiger partial charge on any atom is 0.332 e. The highest BCUT2D eigenvalue weighted by Crippen LogP contribution is 2.19. The molecular weight excluding hydrogens is 274 g/mol. The summed E-state index contributed by atoms with van der Waals surface area (Å²) in [4.78, 5) is 29.2. The molecule has 0 radical (unpaired) electrons. The number of carboxylic acid groups (broad SMARTS) is 1. The summed E-state index contributed by atoms with van der Waals surface area (Å²) in [6.45, 7) is 3.06. The van der Waals surface area contributed by atoms with Gasteiger partial charge in [0.1, 0.15) is 0 Å². The SMILES string of the molecule is CCN(Cc1ccncc1)C(=O)NC1(C(=O)O)CCOC1. The quantitative estimate of drug-likeness (QED) is 0.840. The molecule has 0 spiro atoms. The molecule has 0 aromatic carbocycles. The van der Waals surface area contributed by atoms with E-state index < -0.39 is 17.5 Å². The summed E-state index contributed by atoms with van der Waals surface area (Å²) in [7, 11) is 0. The number of rotatable bonds is 5. The van der Waals surface area contributed by atoms with E-state index in [9.17, 15) is 14.7 Å². The molecule has 114 valence electrons. The number of carbonyl (C=O) groups is 2. The Labute approximate surface area is 122 Å². The first-order valence-electron chi connectivity index (χ1n) is 6.84. The van der Waals surface area contributed by atoms with Crippen molar-refractivity contribution in [1.29, 1.82) is 0 Å². The molecule has 0 saturated carbocycles. The molecule has 1 unspecified atom stereocenters. The number of nitrogens with one attached hydrogen (secondary N) is 1. The number of aromatic nitrogens is 1. The Hall–Kier alpha value is -2.15. The molecule has 7 heteroatoms. The molecule has 21 heavy (non-hydrogen) atoms. The largest absolute Gasteiger partial charge is 0.479 e. The van der Waals surface area contributed by atoms with Gasteiger partial charge in [0, 0.05) is 38.5 Å². The summed E-state index contributed by atoms with van der Waals surface area (Å²) < 4.78 is 5.13. The predicted molar refractivity (Wildman–Crippen MR) is 74.7 cm³/mol. The Kier molecular flexibility index (Phi) is 4.74. The Bertz CT molecular complexity index is 500. The van der Waals surface area contributed by atoms with E-state index in [4.69, 9.17) is 4.74 Å². The Morgan fingerprint density at radius 1 is 1.48 bits per heavy atom. The van der Waals surface area contributed by atoms with E-state index in [0.717, 1.165) is 5.56 Å². The second-order valence-corrected chi connectivity index (χ2v) is 4.99. The van der Waals surface area contributed by atoms with Gasteiger partial charge in [-0.3, -0.25) is 4.98 Å². The number of hydrogen-bond donors (Lipinski definition) is 2. The highest BCUT2D eigenvalue weighted by Gasteiger charge is 2.44. The third-order valence-electron chi connectivity index (χ3n) is 3.57. The Morgan fingerprint density at radius 3 is 2.71 bits per heavy atom. The van der Waals surface area contributed by atoms with Crippen molar-refractivity contribution >= 4 is 12.0 Å².